The van der Waals surface area contributed by atoms with Crippen LogP contribution in [0.1, 0.15) is 35.2 Å². The van der Waals surface area contributed by atoms with Crippen LogP contribution < -0.4 is 84.6 Å². The van der Waals surface area contributed by atoms with E-state index in [4.69, 9.17) is 4.74 Å². The standard InChI is InChI=1S/C21H20BrN7O4S.Cs/c22-13-4-5-14-12(9-24-29(14)17-3-1-2-8-33-17)19(13)26-20(32)15-10-23-21(34-15)25-16-6-7-28(27-16)11-18(30)31;/h4-7,9-10,17H,1-3,8,11H2,(H,26,32)(H,30,31)(H,23,25,27);/q;+1/p-1. The molecule has 1 aliphatic rings. The molecule has 0 radical (unpaired) electrons. The molecule has 1 amide bonds. The molecule has 3 aromatic heterocycles. The fraction of sp³-hybridized carbons (Fsp3) is 0.286. The van der Waals surface area contributed by atoms with E-state index < -0.39 is 5.97 Å². The number of benzene rings is 1. The smallest absolute Gasteiger partial charge is 0.548 e. The van der Waals surface area contributed by atoms with Crippen LogP contribution in [0.25, 0.3) is 10.9 Å². The summed E-state index contributed by atoms with van der Waals surface area (Å²) in [5, 5.41) is 26.5. The van der Waals surface area contributed by atoms with Crippen LogP contribution in [0.5, 0.6) is 0 Å². The van der Waals surface area contributed by atoms with E-state index in [1.165, 1.54) is 17.1 Å². The number of amides is 1. The molecule has 11 nitrogen and oxygen atoms in total. The first kappa shape index (κ1) is 26.8. The molecule has 1 aliphatic heterocycles. The van der Waals surface area contributed by atoms with Crippen LogP contribution in [0.2, 0.25) is 0 Å². The number of fused-ring (bicyclic) bond motifs is 1. The quantitative estimate of drug-likeness (QED) is 0.277. The second kappa shape index (κ2) is 11.9. The van der Waals surface area contributed by atoms with Crippen LogP contribution in [0.3, 0.4) is 0 Å². The number of halogens is 1. The van der Waals surface area contributed by atoms with Gasteiger partial charge < -0.3 is 25.3 Å². The number of thiazole rings is 1. The molecule has 0 spiro atoms. The Morgan fingerprint density at radius 1 is 1.26 bits per heavy atom. The molecule has 14 heteroatoms. The SMILES string of the molecule is O=C([O-])Cn1ccc(Nc2ncc(C(=O)Nc3c(Br)ccc4c3cnn4C3CCCCO3)s2)n1.[Cs+]. The van der Waals surface area contributed by atoms with Crippen LogP contribution in [-0.2, 0) is 16.1 Å². The van der Waals surface area contributed by atoms with Gasteiger partial charge in [0.2, 0.25) is 0 Å². The first-order valence-corrected chi connectivity index (χ1v) is 12.1. The fourth-order valence-electron chi connectivity index (χ4n) is 3.74. The molecule has 0 saturated carbocycles. The molecule has 2 N–H and O–H groups in total. The van der Waals surface area contributed by atoms with E-state index in [0.717, 1.165) is 46.0 Å². The number of rotatable bonds is 7. The maximum atomic E-state index is 13.0. The van der Waals surface area contributed by atoms with Crippen molar-refractivity contribution >= 4 is 66.7 Å². The predicted molar refractivity (Wildman–Crippen MR) is 127 cm³/mol. The summed E-state index contributed by atoms with van der Waals surface area (Å²) in [6, 6.07) is 5.44. The summed E-state index contributed by atoms with van der Waals surface area (Å²) in [6.07, 6.45) is 7.64. The third kappa shape index (κ3) is 6.19. The topological polar surface area (TPSA) is 139 Å². The number of hydrogen-bond donors (Lipinski definition) is 2. The molecule has 176 valence electrons. The number of hydrogen-bond acceptors (Lipinski definition) is 9. The number of anilines is 3. The first-order valence-electron chi connectivity index (χ1n) is 10.5. The Morgan fingerprint density at radius 3 is 2.89 bits per heavy atom. The van der Waals surface area contributed by atoms with Gasteiger partial charge in [-0.2, -0.15) is 10.2 Å². The summed E-state index contributed by atoms with van der Waals surface area (Å²) in [4.78, 5) is 28.3. The molecule has 5 rings (SSSR count). The zero-order valence-corrected chi connectivity index (χ0v) is 27.4. The number of aromatic nitrogens is 5. The minimum Gasteiger partial charge on any atom is -0.548 e. The molecular weight excluding hydrogens is 659 g/mol. The van der Waals surface area contributed by atoms with E-state index in [1.807, 2.05) is 16.8 Å². The maximum Gasteiger partial charge on any atom is 1.00 e. The maximum absolute atomic E-state index is 13.0. The normalized spacial score (nSPS) is 15.5. The van der Waals surface area contributed by atoms with Crippen molar-refractivity contribution in [3.63, 3.8) is 0 Å². The molecule has 1 unspecified atom stereocenters. The van der Waals surface area contributed by atoms with Gasteiger partial charge in [0.15, 0.2) is 17.2 Å². The summed E-state index contributed by atoms with van der Waals surface area (Å²) in [7, 11) is 0. The van der Waals surface area contributed by atoms with Crippen molar-refractivity contribution in [1.82, 2.24) is 24.5 Å². The number of carbonyl (C=O) groups excluding carboxylic acids is 2. The Balaban J connectivity index is 0.00000289. The van der Waals surface area contributed by atoms with E-state index >= 15 is 0 Å². The molecule has 0 aliphatic carbocycles. The van der Waals surface area contributed by atoms with E-state index in [0.29, 0.717) is 28.1 Å². The van der Waals surface area contributed by atoms with Crippen molar-refractivity contribution < 1.29 is 88.3 Å². The average Bonchev–Trinajstić information content (AvgIpc) is 3.56. The molecule has 1 atom stereocenters. The fourth-order valence-corrected chi connectivity index (χ4v) is 4.90. The van der Waals surface area contributed by atoms with Gasteiger partial charge in [-0.1, -0.05) is 11.3 Å². The summed E-state index contributed by atoms with van der Waals surface area (Å²) in [5.41, 5.74) is 1.50. The van der Waals surface area contributed by atoms with E-state index in [1.54, 1.807) is 12.3 Å². The monoisotopic (exact) mass is 677 g/mol. The van der Waals surface area contributed by atoms with Gasteiger partial charge in [-0.15, -0.1) is 0 Å². The largest absolute Gasteiger partial charge is 1.00 e. The second-order valence-corrected chi connectivity index (χ2v) is 9.53. The van der Waals surface area contributed by atoms with Crippen molar-refractivity contribution in [2.75, 3.05) is 17.2 Å². The van der Waals surface area contributed by atoms with Crippen molar-refractivity contribution in [3.05, 3.63) is 46.1 Å². The van der Waals surface area contributed by atoms with Crippen molar-refractivity contribution in [1.29, 1.82) is 0 Å². The van der Waals surface area contributed by atoms with Crippen LogP contribution in [0.4, 0.5) is 16.6 Å². The molecule has 0 bridgehead atoms. The zero-order valence-electron chi connectivity index (χ0n) is 18.7. The number of nitrogens with zero attached hydrogens (tertiary/aromatic N) is 5. The molecule has 1 aromatic carbocycles. The average molecular weight is 678 g/mol. The molecule has 4 aromatic rings. The Kier molecular flexibility index (Phi) is 9.10. The molecule has 4 heterocycles. The molecule has 35 heavy (non-hydrogen) atoms. The first-order chi connectivity index (χ1) is 16.5. The van der Waals surface area contributed by atoms with Crippen LogP contribution in [0, 0.1) is 0 Å². The number of carboxylic acids is 1. The third-order valence-electron chi connectivity index (χ3n) is 5.29. The molecule has 1 fully saturated rings. The third-order valence-corrected chi connectivity index (χ3v) is 6.87. The van der Waals surface area contributed by atoms with Gasteiger partial charge in [-0.05, 0) is 47.3 Å². The van der Waals surface area contributed by atoms with E-state index in [2.05, 4.69) is 41.7 Å². The predicted octanol–water partition coefficient (Wildman–Crippen LogP) is -0.0993. The van der Waals surface area contributed by atoms with Gasteiger partial charge in [0.25, 0.3) is 5.91 Å². The van der Waals surface area contributed by atoms with Crippen molar-refractivity contribution in [2.24, 2.45) is 0 Å². The number of ether oxygens (including phenoxy) is 1. The van der Waals surface area contributed by atoms with E-state index in [9.17, 15) is 14.7 Å². The van der Waals surface area contributed by atoms with Gasteiger partial charge in [-0.3, -0.25) is 9.48 Å². The Hall–Kier alpha value is -1.24. The molecule has 1 saturated heterocycles. The van der Waals surface area contributed by atoms with Crippen LogP contribution in [-0.4, -0.2) is 43.0 Å². The van der Waals surface area contributed by atoms with Gasteiger partial charge in [0, 0.05) is 28.7 Å². The zero-order chi connectivity index (χ0) is 23.7. The summed E-state index contributed by atoms with van der Waals surface area (Å²) >= 11 is 4.68. The Bertz CT molecular complexity index is 1360. The Morgan fingerprint density at radius 2 is 2.11 bits per heavy atom. The van der Waals surface area contributed by atoms with Crippen molar-refractivity contribution in [2.45, 2.75) is 32.0 Å². The van der Waals surface area contributed by atoms with E-state index in [-0.39, 0.29) is 87.6 Å². The number of carbonyl (C=O) groups is 2. The Labute approximate surface area is 271 Å². The van der Waals surface area contributed by atoms with Crippen molar-refractivity contribution in [3.8, 4) is 0 Å². The number of carboxylic acid groups (broad SMARTS) is 1. The number of nitrogens with one attached hydrogen (secondary N) is 2. The van der Waals surface area contributed by atoms with Gasteiger partial charge in [0.05, 0.1) is 36.1 Å². The van der Waals surface area contributed by atoms with Gasteiger partial charge in [-0.25, -0.2) is 9.67 Å². The van der Waals surface area contributed by atoms with Crippen LogP contribution >= 0.6 is 27.3 Å². The van der Waals surface area contributed by atoms with Gasteiger partial charge in [0.1, 0.15) is 4.88 Å². The van der Waals surface area contributed by atoms with Gasteiger partial charge >= 0.3 is 68.9 Å². The van der Waals surface area contributed by atoms with Crippen LogP contribution in [0.15, 0.2) is 41.3 Å². The summed E-state index contributed by atoms with van der Waals surface area (Å²) in [6.45, 7) is 0.363. The summed E-state index contributed by atoms with van der Waals surface area (Å²) in [5.74, 6) is -1.14. The molecular formula is C21H19BrCsN7O4S. The minimum absolute atomic E-state index is 0. The second-order valence-electron chi connectivity index (χ2n) is 7.64. The minimum atomic E-state index is -1.24. The summed E-state index contributed by atoms with van der Waals surface area (Å²) < 4.78 is 9.70. The number of aliphatic carboxylic acids is 1.